The summed E-state index contributed by atoms with van der Waals surface area (Å²) in [6.45, 7) is 2.00. The number of nitrogens with one attached hydrogen (secondary N) is 2. The Morgan fingerprint density at radius 3 is 2.22 bits per heavy atom. The Hall–Kier alpha value is -3.08. The molecule has 0 aliphatic rings. The van der Waals surface area contributed by atoms with Crippen LogP contribution in [0, 0.1) is 10.8 Å². The SMILES string of the molecule is CCc1nnc(CCCCc2cccc(C(=N)C(=N)c3ccccc3)c2)o1. The molecule has 0 saturated carbocycles. The van der Waals surface area contributed by atoms with E-state index in [4.69, 9.17) is 15.2 Å². The fourth-order valence-electron chi connectivity index (χ4n) is 2.91. The van der Waals surface area contributed by atoms with Crippen LogP contribution in [0.25, 0.3) is 0 Å². The van der Waals surface area contributed by atoms with Crippen molar-refractivity contribution >= 4 is 11.4 Å². The molecule has 0 bridgehead atoms. The maximum Gasteiger partial charge on any atom is 0.216 e. The van der Waals surface area contributed by atoms with Crippen molar-refractivity contribution in [1.29, 1.82) is 10.8 Å². The van der Waals surface area contributed by atoms with Crippen molar-refractivity contribution in [2.24, 2.45) is 0 Å². The molecular formula is C22H24N4O. The Morgan fingerprint density at radius 2 is 1.48 bits per heavy atom. The third-order valence-electron chi connectivity index (χ3n) is 4.45. The molecule has 0 fully saturated rings. The lowest BCUT2D eigenvalue weighted by atomic mass is 9.97. The van der Waals surface area contributed by atoms with Crippen molar-refractivity contribution in [2.75, 3.05) is 0 Å². The van der Waals surface area contributed by atoms with Crippen LogP contribution in [0.1, 0.15) is 48.2 Å². The van der Waals surface area contributed by atoms with Gasteiger partial charge in [-0.1, -0.05) is 55.5 Å². The van der Waals surface area contributed by atoms with Crippen molar-refractivity contribution < 1.29 is 4.42 Å². The highest BCUT2D eigenvalue weighted by atomic mass is 16.4. The molecule has 0 radical (unpaired) electrons. The molecule has 2 aromatic carbocycles. The number of nitrogens with zero attached hydrogens (tertiary/aromatic N) is 2. The number of rotatable bonds is 9. The van der Waals surface area contributed by atoms with Crippen LogP contribution >= 0.6 is 0 Å². The number of benzene rings is 2. The molecule has 3 aromatic rings. The van der Waals surface area contributed by atoms with Gasteiger partial charge in [0.15, 0.2) is 0 Å². The van der Waals surface area contributed by atoms with Gasteiger partial charge in [-0.3, -0.25) is 10.8 Å². The zero-order valence-corrected chi connectivity index (χ0v) is 15.5. The van der Waals surface area contributed by atoms with Crippen LogP contribution in [0.15, 0.2) is 59.0 Å². The van der Waals surface area contributed by atoms with Crippen LogP contribution in [0.4, 0.5) is 0 Å². The highest BCUT2D eigenvalue weighted by Gasteiger charge is 2.11. The zero-order valence-electron chi connectivity index (χ0n) is 15.5. The first-order chi connectivity index (χ1) is 13.2. The summed E-state index contributed by atoms with van der Waals surface area (Å²) in [4.78, 5) is 0. The Labute approximate surface area is 159 Å². The summed E-state index contributed by atoms with van der Waals surface area (Å²) in [5.41, 5.74) is 3.22. The summed E-state index contributed by atoms with van der Waals surface area (Å²) in [6.07, 6.45) is 4.48. The number of aromatic nitrogens is 2. The molecule has 5 heteroatoms. The van der Waals surface area contributed by atoms with E-state index in [1.165, 1.54) is 5.56 Å². The molecule has 0 aliphatic carbocycles. The molecule has 0 amide bonds. The van der Waals surface area contributed by atoms with E-state index in [2.05, 4.69) is 16.3 Å². The summed E-state index contributed by atoms with van der Waals surface area (Å²) in [5, 5.41) is 24.7. The van der Waals surface area contributed by atoms with E-state index in [1.807, 2.05) is 55.5 Å². The van der Waals surface area contributed by atoms with Gasteiger partial charge in [-0.25, -0.2) is 0 Å². The standard InChI is InChI=1S/C22H24N4O/c1-2-19-25-26-20(27-19)14-7-6-9-16-10-8-13-18(15-16)22(24)21(23)17-11-4-3-5-12-17/h3-5,8,10-13,15,23-24H,2,6-7,9,14H2,1H3. The molecule has 0 saturated heterocycles. The topological polar surface area (TPSA) is 86.6 Å². The lowest BCUT2D eigenvalue weighted by molar-refractivity contribution is 0.446. The van der Waals surface area contributed by atoms with E-state index in [1.54, 1.807) is 0 Å². The lowest BCUT2D eigenvalue weighted by Gasteiger charge is -2.08. The Morgan fingerprint density at radius 1 is 0.815 bits per heavy atom. The van der Waals surface area contributed by atoms with Crippen molar-refractivity contribution in [3.05, 3.63) is 83.1 Å². The van der Waals surface area contributed by atoms with Gasteiger partial charge in [-0.15, -0.1) is 10.2 Å². The van der Waals surface area contributed by atoms with Crippen molar-refractivity contribution in [1.82, 2.24) is 10.2 Å². The van der Waals surface area contributed by atoms with Crippen LogP contribution in [-0.2, 0) is 19.3 Å². The van der Waals surface area contributed by atoms with E-state index < -0.39 is 0 Å². The molecule has 0 unspecified atom stereocenters. The molecule has 27 heavy (non-hydrogen) atoms. The first-order valence-corrected chi connectivity index (χ1v) is 9.31. The van der Waals surface area contributed by atoms with Crippen molar-refractivity contribution in [3.63, 3.8) is 0 Å². The normalized spacial score (nSPS) is 10.7. The predicted molar refractivity (Wildman–Crippen MR) is 107 cm³/mol. The molecule has 1 heterocycles. The van der Waals surface area contributed by atoms with E-state index in [0.717, 1.165) is 43.2 Å². The maximum atomic E-state index is 8.36. The first kappa shape index (κ1) is 18.7. The smallest absolute Gasteiger partial charge is 0.216 e. The minimum atomic E-state index is 0.246. The van der Waals surface area contributed by atoms with Crippen LogP contribution in [-0.4, -0.2) is 21.6 Å². The Bertz CT molecular complexity index is 915. The molecule has 2 N–H and O–H groups in total. The molecule has 5 nitrogen and oxygen atoms in total. The average Bonchev–Trinajstić information content (AvgIpc) is 3.19. The Kier molecular flexibility index (Phi) is 6.26. The van der Waals surface area contributed by atoms with Gasteiger partial charge < -0.3 is 4.42 Å². The minimum absolute atomic E-state index is 0.246. The van der Waals surface area contributed by atoms with E-state index in [0.29, 0.717) is 11.8 Å². The highest BCUT2D eigenvalue weighted by molar-refractivity contribution is 6.51. The molecule has 0 spiro atoms. The first-order valence-electron chi connectivity index (χ1n) is 9.31. The predicted octanol–water partition coefficient (Wildman–Crippen LogP) is 4.63. The lowest BCUT2D eigenvalue weighted by Crippen LogP contribution is -2.14. The van der Waals surface area contributed by atoms with Gasteiger partial charge in [0.2, 0.25) is 11.8 Å². The maximum absolute atomic E-state index is 8.36. The van der Waals surface area contributed by atoms with Gasteiger partial charge in [0.1, 0.15) is 0 Å². The molecule has 1 aromatic heterocycles. The molecule has 0 aliphatic heterocycles. The van der Waals surface area contributed by atoms with Crippen LogP contribution in [0.5, 0.6) is 0 Å². The van der Waals surface area contributed by atoms with Gasteiger partial charge >= 0.3 is 0 Å². The van der Waals surface area contributed by atoms with Crippen molar-refractivity contribution in [2.45, 2.75) is 39.0 Å². The average molecular weight is 360 g/mol. The summed E-state index contributed by atoms with van der Waals surface area (Å²) in [7, 11) is 0. The second-order valence-electron chi connectivity index (χ2n) is 6.47. The molecule has 3 rings (SSSR count). The molecule has 0 atom stereocenters. The highest BCUT2D eigenvalue weighted by Crippen LogP contribution is 2.13. The quantitative estimate of drug-likeness (QED) is 0.431. The summed E-state index contributed by atoms with van der Waals surface area (Å²) >= 11 is 0. The number of hydrogen-bond donors (Lipinski definition) is 2. The molecular weight excluding hydrogens is 336 g/mol. The van der Waals surface area contributed by atoms with E-state index >= 15 is 0 Å². The number of aryl methyl sites for hydroxylation is 3. The second-order valence-corrected chi connectivity index (χ2v) is 6.47. The van der Waals surface area contributed by atoms with Crippen LogP contribution in [0.3, 0.4) is 0 Å². The molecule has 138 valence electrons. The van der Waals surface area contributed by atoms with Gasteiger partial charge in [0.25, 0.3) is 0 Å². The van der Waals surface area contributed by atoms with Crippen molar-refractivity contribution in [3.8, 4) is 0 Å². The number of hydrogen-bond acceptors (Lipinski definition) is 5. The summed E-state index contributed by atoms with van der Waals surface area (Å²) in [5.74, 6) is 1.40. The van der Waals surface area contributed by atoms with E-state index in [9.17, 15) is 0 Å². The summed E-state index contributed by atoms with van der Waals surface area (Å²) in [6, 6.07) is 17.4. The fourth-order valence-corrected chi connectivity index (χ4v) is 2.91. The third-order valence-corrected chi connectivity index (χ3v) is 4.45. The van der Waals surface area contributed by atoms with Gasteiger partial charge in [0.05, 0.1) is 11.4 Å². The van der Waals surface area contributed by atoms with Gasteiger partial charge in [-0.2, -0.15) is 0 Å². The Balaban J connectivity index is 1.55. The van der Waals surface area contributed by atoms with Gasteiger partial charge in [-0.05, 0) is 30.9 Å². The fraction of sp³-hybridized carbons (Fsp3) is 0.273. The summed E-state index contributed by atoms with van der Waals surface area (Å²) < 4.78 is 5.53. The minimum Gasteiger partial charge on any atom is -0.425 e. The largest absolute Gasteiger partial charge is 0.425 e. The van der Waals surface area contributed by atoms with Crippen LogP contribution in [0.2, 0.25) is 0 Å². The van der Waals surface area contributed by atoms with E-state index in [-0.39, 0.29) is 11.4 Å². The van der Waals surface area contributed by atoms with Gasteiger partial charge in [0, 0.05) is 24.0 Å². The van der Waals surface area contributed by atoms with Crippen LogP contribution < -0.4 is 0 Å². The number of unbranched alkanes of at least 4 members (excludes halogenated alkanes) is 1. The third kappa shape index (κ3) is 4.97. The second kappa shape index (κ2) is 9.03. The zero-order chi connectivity index (χ0) is 19.1. The monoisotopic (exact) mass is 360 g/mol.